The number of nitro benzene ring substituents is 1. The molecule has 0 fully saturated rings. The maximum absolute atomic E-state index is 11.7. The van der Waals surface area contributed by atoms with Crippen LogP contribution in [0.3, 0.4) is 0 Å². The highest BCUT2D eigenvalue weighted by atomic mass is 35.5. The third-order valence-electron chi connectivity index (χ3n) is 3.73. The van der Waals surface area contributed by atoms with Crippen LogP contribution < -0.4 is 0 Å². The highest BCUT2D eigenvalue weighted by molar-refractivity contribution is 7.80. The van der Waals surface area contributed by atoms with E-state index in [0.717, 1.165) is 0 Å². The molecule has 7 nitrogen and oxygen atoms in total. The lowest BCUT2D eigenvalue weighted by Gasteiger charge is -2.39. The molecule has 0 spiro atoms. The Kier molecular flexibility index (Phi) is 4.96. The number of hydrogen-bond acceptors (Lipinski definition) is 4. The van der Waals surface area contributed by atoms with Gasteiger partial charge in [-0.05, 0) is 37.7 Å². The van der Waals surface area contributed by atoms with Gasteiger partial charge in [0.15, 0.2) is 5.11 Å². The van der Waals surface area contributed by atoms with Crippen molar-refractivity contribution in [3.63, 3.8) is 0 Å². The average Bonchev–Trinajstić information content (AvgIpc) is 2.46. The first-order chi connectivity index (χ1) is 10.8. The van der Waals surface area contributed by atoms with Crippen molar-refractivity contribution in [3.05, 3.63) is 38.9 Å². The zero-order valence-electron chi connectivity index (χ0n) is 12.4. The van der Waals surface area contributed by atoms with Gasteiger partial charge in [0.25, 0.3) is 5.69 Å². The van der Waals surface area contributed by atoms with E-state index >= 15 is 0 Å². The number of halogens is 1. The molecule has 122 valence electrons. The van der Waals surface area contributed by atoms with Gasteiger partial charge >= 0.3 is 5.97 Å². The number of aliphatic imine (C=N–C) groups is 1. The number of carboxylic acid groups (broad SMARTS) is 1. The molecule has 0 aliphatic carbocycles. The second-order valence-electron chi connectivity index (χ2n) is 5.05. The van der Waals surface area contributed by atoms with E-state index < -0.39 is 22.9 Å². The molecule has 1 N–H and O–H groups in total. The van der Waals surface area contributed by atoms with Crippen molar-refractivity contribution in [1.82, 2.24) is 4.90 Å². The number of benzene rings is 1. The number of hydrogen-bond donors (Lipinski definition) is 1. The van der Waals surface area contributed by atoms with E-state index in [-0.39, 0.29) is 15.8 Å². The summed E-state index contributed by atoms with van der Waals surface area (Å²) in [6, 6.07) is 3.61. The number of nitro groups is 1. The van der Waals surface area contributed by atoms with Gasteiger partial charge in [0.2, 0.25) is 0 Å². The van der Waals surface area contributed by atoms with Gasteiger partial charge in [-0.25, -0.2) is 4.99 Å². The zero-order valence-corrected chi connectivity index (χ0v) is 14.0. The molecule has 0 saturated heterocycles. The molecule has 0 aromatic heterocycles. The van der Waals surface area contributed by atoms with E-state index in [4.69, 9.17) is 23.8 Å². The number of carboxylic acids is 1. The van der Waals surface area contributed by atoms with Crippen LogP contribution in [0.4, 0.5) is 5.69 Å². The number of thiocarbonyl (C=S) groups is 1. The summed E-state index contributed by atoms with van der Waals surface area (Å²) in [5, 5.41) is 20.9. The maximum atomic E-state index is 11.7. The molecule has 2 rings (SSSR count). The number of aliphatic carboxylic acids is 1. The third-order valence-corrected chi connectivity index (χ3v) is 4.38. The van der Waals surface area contributed by atoms with Crippen molar-refractivity contribution in [2.45, 2.75) is 19.9 Å². The zero-order chi connectivity index (χ0) is 17.3. The Balaban J connectivity index is 2.63. The molecule has 23 heavy (non-hydrogen) atoms. The van der Waals surface area contributed by atoms with Crippen LogP contribution in [-0.2, 0) is 4.79 Å². The molecule has 2 unspecified atom stereocenters. The minimum Gasteiger partial charge on any atom is -0.481 e. The lowest BCUT2D eigenvalue weighted by atomic mass is 9.87. The van der Waals surface area contributed by atoms with E-state index in [9.17, 15) is 20.0 Å². The standard InChI is InChI=1S/C14H14ClN3O4S/c1-3-17-12(11(13(19)20)7(2)16-14(17)23)8-4-5-9(15)10(6-8)18(21)22/h4-6,11-12H,3H2,1-2H3,(H,19,20). The SMILES string of the molecule is CCN1C(=S)N=C(C)C(C(=O)O)C1c1ccc(Cl)c([N+](=O)[O-])c1. The predicted octanol–water partition coefficient (Wildman–Crippen LogP) is 3.07. The van der Waals surface area contributed by atoms with Gasteiger partial charge in [-0.1, -0.05) is 17.7 Å². The predicted molar refractivity (Wildman–Crippen MR) is 90.1 cm³/mol. The summed E-state index contributed by atoms with van der Waals surface area (Å²) in [6.07, 6.45) is 0. The molecule has 1 aliphatic rings. The minimum atomic E-state index is -1.06. The minimum absolute atomic E-state index is 0.00236. The van der Waals surface area contributed by atoms with Crippen molar-refractivity contribution < 1.29 is 14.8 Å². The van der Waals surface area contributed by atoms with Crippen LogP contribution in [0.25, 0.3) is 0 Å². The number of nitrogens with zero attached hydrogens (tertiary/aromatic N) is 3. The summed E-state index contributed by atoms with van der Waals surface area (Å²) in [6.45, 7) is 3.84. The molecular weight excluding hydrogens is 342 g/mol. The van der Waals surface area contributed by atoms with Crippen LogP contribution in [0.15, 0.2) is 23.2 Å². The number of rotatable bonds is 4. The first-order valence-corrected chi connectivity index (χ1v) is 7.59. The van der Waals surface area contributed by atoms with E-state index in [0.29, 0.717) is 17.8 Å². The first kappa shape index (κ1) is 17.3. The molecule has 0 amide bonds. The number of carbonyl (C=O) groups is 1. The maximum Gasteiger partial charge on any atom is 0.314 e. The molecule has 9 heteroatoms. The monoisotopic (exact) mass is 355 g/mol. The van der Waals surface area contributed by atoms with Gasteiger partial charge in [-0.3, -0.25) is 14.9 Å². The van der Waals surface area contributed by atoms with Gasteiger partial charge in [0.1, 0.15) is 10.9 Å². The quantitative estimate of drug-likeness (QED) is 0.506. The molecule has 0 saturated carbocycles. The van der Waals surface area contributed by atoms with Gasteiger partial charge in [-0.15, -0.1) is 0 Å². The van der Waals surface area contributed by atoms with Crippen molar-refractivity contribution in [3.8, 4) is 0 Å². The molecule has 2 atom stereocenters. The van der Waals surface area contributed by atoms with E-state index in [1.165, 1.54) is 12.1 Å². The summed E-state index contributed by atoms with van der Waals surface area (Å²) in [5.41, 5.74) is 0.567. The lowest BCUT2D eigenvalue weighted by molar-refractivity contribution is -0.384. The van der Waals surface area contributed by atoms with E-state index in [1.807, 2.05) is 6.92 Å². The Hall–Kier alpha value is -2.06. The van der Waals surface area contributed by atoms with Crippen LogP contribution in [0.5, 0.6) is 0 Å². The first-order valence-electron chi connectivity index (χ1n) is 6.80. The van der Waals surface area contributed by atoms with Gasteiger partial charge in [-0.2, -0.15) is 0 Å². The molecule has 1 aromatic rings. The summed E-state index contributed by atoms with van der Waals surface area (Å²) < 4.78 is 0. The normalized spacial score (nSPS) is 21.1. The van der Waals surface area contributed by atoms with Crippen LogP contribution in [0, 0.1) is 16.0 Å². The van der Waals surface area contributed by atoms with Crippen LogP contribution in [0.1, 0.15) is 25.5 Å². The summed E-state index contributed by atoms with van der Waals surface area (Å²) in [7, 11) is 0. The molecule has 0 radical (unpaired) electrons. The summed E-state index contributed by atoms with van der Waals surface area (Å²) >= 11 is 11.1. The Morgan fingerprint density at radius 1 is 1.57 bits per heavy atom. The Bertz CT molecular complexity index is 722. The fourth-order valence-corrected chi connectivity index (χ4v) is 3.26. The van der Waals surface area contributed by atoms with Crippen LogP contribution >= 0.6 is 23.8 Å². The largest absolute Gasteiger partial charge is 0.481 e. The van der Waals surface area contributed by atoms with Crippen molar-refractivity contribution in [2.75, 3.05) is 6.54 Å². The second kappa shape index (κ2) is 6.59. The van der Waals surface area contributed by atoms with Crippen molar-refractivity contribution in [2.24, 2.45) is 10.9 Å². The Labute approximate surface area is 142 Å². The van der Waals surface area contributed by atoms with Gasteiger partial charge in [0, 0.05) is 18.3 Å². The smallest absolute Gasteiger partial charge is 0.314 e. The highest BCUT2D eigenvalue weighted by Gasteiger charge is 2.40. The van der Waals surface area contributed by atoms with Gasteiger partial charge < -0.3 is 10.0 Å². The van der Waals surface area contributed by atoms with Crippen LogP contribution in [-0.4, -0.2) is 38.3 Å². The topological polar surface area (TPSA) is 96.0 Å². The van der Waals surface area contributed by atoms with E-state index in [2.05, 4.69) is 4.99 Å². The highest BCUT2D eigenvalue weighted by Crippen LogP contribution is 2.37. The second-order valence-corrected chi connectivity index (χ2v) is 5.82. The summed E-state index contributed by atoms with van der Waals surface area (Å²) in [4.78, 5) is 28.0. The fraction of sp³-hybridized carbons (Fsp3) is 0.357. The molecule has 1 aromatic carbocycles. The molecular formula is C14H14ClN3O4S. The fourth-order valence-electron chi connectivity index (χ4n) is 2.68. The molecule has 1 heterocycles. The summed E-state index contributed by atoms with van der Waals surface area (Å²) in [5.74, 6) is -2.00. The average molecular weight is 356 g/mol. The van der Waals surface area contributed by atoms with Crippen molar-refractivity contribution >= 4 is 46.3 Å². The van der Waals surface area contributed by atoms with Crippen LogP contribution in [0.2, 0.25) is 5.02 Å². The molecule has 0 bridgehead atoms. The van der Waals surface area contributed by atoms with Crippen molar-refractivity contribution in [1.29, 1.82) is 0 Å². The lowest BCUT2D eigenvalue weighted by Crippen LogP contribution is -2.46. The third kappa shape index (κ3) is 3.18. The Morgan fingerprint density at radius 3 is 2.74 bits per heavy atom. The van der Waals surface area contributed by atoms with Gasteiger partial charge in [0.05, 0.1) is 11.0 Å². The Morgan fingerprint density at radius 2 is 2.22 bits per heavy atom. The van der Waals surface area contributed by atoms with E-state index in [1.54, 1.807) is 17.9 Å². The molecule has 1 aliphatic heterocycles.